The van der Waals surface area contributed by atoms with Gasteiger partial charge in [0.1, 0.15) is 0 Å². The first-order valence-corrected chi connectivity index (χ1v) is 16.0. The lowest BCUT2D eigenvalue weighted by atomic mass is 9.52. The Kier molecular flexibility index (Phi) is 4.59. The summed E-state index contributed by atoms with van der Waals surface area (Å²) in [5.41, 5.74) is 14.4. The molecule has 2 saturated carbocycles. The highest BCUT2D eigenvalue weighted by atomic mass is 15.0. The Labute approximate surface area is 244 Å². The minimum atomic E-state index is 0.305. The zero-order chi connectivity index (χ0) is 27.8. The minimum Gasteiger partial charge on any atom is -0.309 e. The second kappa shape index (κ2) is 7.74. The molecule has 11 rings (SSSR count). The molecule has 0 saturated heterocycles. The van der Waals surface area contributed by atoms with Gasteiger partial charge in [0, 0.05) is 16.5 Å². The Hall–Kier alpha value is -3.32. The maximum atomic E-state index is 2.65. The lowest BCUT2D eigenvalue weighted by molar-refractivity contribution is 0.188. The molecule has 0 aliphatic heterocycles. The fourth-order valence-electron chi connectivity index (χ4n) is 9.60. The third-order valence-electron chi connectivity index (χ3n) is 12.8. The van der Waals surface area contributed by atoms with E-state index in [0.29, 0.717) is 21.7 Å². The van der Waals surface area contributed by atoms with Crippen molar-refractivity contribution in [3.63, 3.8) is 0 Å². The first-order valence-electron chi connectivity index (χ1n) is 16.0. The monoisotopic (exact) mass is 535 g/mol. The van der Waals surface area contributed by atoms with E-state index in [0.717, 1.165) is 0 Å². The highest BCUT2D eigenvalue weighted by molar-refractivity contribution is 6.10. The van der Waals surface area contributed by atoms with Crippen molar-refractivity contribution >= 4 is 21.8 Å². The molecule has 1 heterocycles. The van der Waals surface area contributed by atoms with Crippen molar-refractivity contribution in [2.45, 2.75) is 101 Å². The van der Waals surface area contributed by atoms with Gasteiger partial charge in [-0.3, -0.25) is 0 Å². The summed E-state index contributed by atoms with van der Waals surface area (Å²) in [7, 11) is 0. The maximum Gasteiger partial charge on any atom is 0.0544 e. The quantitative estimate of drug-likeness (QED) is 0.212. The average Bonchev–Trinajstić information content (AvgIpc) is 3.31. The molecule has 0 spiro atoms. The van der Waals surface area contributed by atoms with Crippen LogP contribution in [0.15, 0.2) is 78.9 Å². The van der Waals surface area contributed by atoms with Crippen LogP contribution in [0.5, 0.6) is 0 Å². The second-order valence-electron chi connectivity index (χ2n) is 15.3. The van der Waals surface area contributed by atoms with Crippen LogP contribution >= 0.6 is 0 Å². The average molecular weight is 536 g/mol. The second-order valence-corrected chi connectivity index (χ2v) is 15.3. The van der Waals surface area contributed by atoms with Gasteiger partial charge < -0.3 is 4.57 Å². The lowest BCUT2D eigenvalue weighted by Gasteiger charge is -2.52. The van der Waals surface area contributed by atoms with Crippen LogP contribution in [0.3, 0.4) is 0 Å². The van der Waals surface area contributed by atoms with E-state index in [1.54, 1.807) is 22.3 Å². The van der Waals surface area contributed by atoms with E-state index in [9.17, 15) is 0 Å². The van der Waals surface area contributed by atoms with Gasteiger partial charge in [-0.1, -0.05) is 70.2 Å². The first kappa shape index (κ1) is 24.3. The summed E-state index contributed by atoms with van der Waals surface area (Å²) in [6, 6.07) is 30.7. The minimum absolute atomic E-state index is 0.305. The molecule has 2 fully saturated rings. The van der Waals surface area contributed by atoms with Crippen molar-refractivity contribution in [3.8, 4) is 16.8 Å². The van der Waals surface area contributed by atoms with Gasteiger partial charge in [-0.2, -0.15) is 0 Å². The summed E-state index contributed by atoms with van der Waals surface area (Å²) in [4.78, 5) is 0. The van der Waals surface area contributed by atoms with Crippen LogP contribution in [0.25, 0.3) is 38.6 Å². The standard InChI is InChI=1S/C40H41N/c1-37-14-18-39(3,19-15-37)33-24-35-29(22-31(33)37)30-23-32-34(40(4)20-16-38(32,2)17-21-40)25-36(30)41(35)28-12-10-27(11-13-28)26-8-6-5-7-9-26/h5-13,22-25H,14-21H2,1-4H3. The summed E-state index contributed by atoms with van der Waals surface area (Å²) >= 11 is 0. The van der Waals surface area contributed by atoms with Crippen molar-refractivity contribution < 1.29 is 0 Å². The predicted molar refractivity (Wildman–Crippen MR) is 173 cm³/mol. The van der Waals surface area contributed by atoms with Crippen LogP contribution in [-0.2, 0) is 21.7 Å². The number of nitrogens with zero attached hydrogens (tertiary/aromatic N) is 1. The zero-order valence-electron chi connectivity index (χ0n) is 25.1. The highest BCUT2D eigenvalue weighted by Crippen LogP contribution is 2.59. The van der Waals surface area contributed by atoms with Crippen LogP contribution in [-0.4, -0.2) is 4.57 Å². The van der Waals surface area contributed by atoms with Gasteiger partial charge in [-0.05, 0) is 143 Å². The van der Waals surface area contributed by atoms with Crippen molar-refractivity contribution in [1.82, 2.24) is 4.57 Å². The Balaban J connectivity index is 1.36. The van der Waals surface area contributed by atoms with E-state index >= 15 is 0 Å². The van der Waals surface area contributed by atoms with Crippen molar-refractivity contribution in [1.29, 1.82) is 0 Å². The number of hydrogen-bond acceptors (Lipinski definition) is 0. The van der Waals surface area contributed by atoms with E-state index < -0.39 is 0 Å². The molecule has 5 aromatic rings. The summed E-state index contributed by atoms with van der Waals surface area (Å²) in [6.07, 6.45) is 10.6. The molecule has 4 aromatic carbocycles. The topological polar surface area (TPSA) is 4.93 Å². The predicted octanol–water partition coefficient (Wildman–Crippen LogP) is 10.7. The van der Waals surface area contributed by atoms with E-state index in [2.05, 4.69) is 111 Å². The van der Waals surface area contributed by atoms with Gasteiger partial charge >= 0.3 is 0 Å². The third-order valence-corrected chi connectivity index (χ3v) is 12.8. The molecular weight excluding hydrogens is 494 g/mol. The largest absolute Gasteiger partial charge is 0.309 e. The summed E-state index contributed by atoms with van der Waals surface area (Å²) in [6.45, 7) is 10.2. The molecule has 1 nitrogen and oxygen atoms in total. The normalized spacial score (nSPS) is 31.5. The lowest BCUT2D eigenvalue weighted by Crippen LogP contribution is -2.44. The molecule has 1 aromatic heterocycles. The Morgan fingerprint density at radius 1 is 0.439 bits per heavy atom. The molecule has 0 amide bonds. The van der Waals surface area contributed by atoms with Crippen LogP contribution in [0.1, 0.15) is 101 Å². The maximum absolute atomic E-state index is 2.65. The number of hydrogen-bond donors (Lipinski definition) is 0. The molecule has 0 unspecified atom stereocenters. The van der Waals surface area contributed by atoms with Crippen LogP contribution < -0.4 is 0 Å². The fraction of sp³-hybridized carbons (Fsp3) is 0.400. The number of aromatic nitrogens is 1. The fourth-order valence-corrected chi connectivity index (χ4v) is 9.60. The number of benzene rings is 4. The van der Waals surface area contributed by atoms with Gasteiger partial charge in [0.15, 0.2) is 0 Å². The van der Waals surface area contributed by atoms with Gasteiger partial charge in [0.25, 0.3) is 0 Å². The van der Waals surface area contributed by atoms with E-state index in [1.165, 1.54) is 90.0 Å². The molecule has 0 atom stereocenters. The van der Waals surface area contributed by atoms with Crippen molar-refractivity contribution in [2.75, 3.05) is 0 Å². The molecule has 4 bridgehead atoms. The highest BCUT2D eigenvalue weighted by Gasteiger charge is 2.49. The van der Waals surface area contributed by atoms with E-state index in [1.807, 2.05) is 0 Å². The van der Waals surface area contributed by atoms with Gasteiger partial charge in [-0.25, -0.2) is 0 Å². The molecule has 6 aliphatic rings. The third kappa shape index (κ3) is 3.13. The molecule has 0 radical (unpaired) electrons. The van der Waals surface area contributed by atoms with Gasteiger partial charge in [0.05, 0.1) is 11.0 Å². The molecular formula is C40H41N. The summed E-state index contributed by atoms with van der Waals surface area (Å²) in [5, 5.41) is 2.92. The Morgan fingerprint density at radius 3 is 1.22 bits per heavy atom. The van der Waals surface area contributed by atoms with Crippen LogP contribution in [0.4, 0.5) is 0 Å². The Morgan fingerprint density at radius 2 is 0.805 bits per heavy atom. The van der Waals surface area contributed by atoms with E-state index in [4.69, 9.17) is 0 Å². The summed E-state index contributed by atoms with van der Waals surface area (Å²) in [5.74, 6) is 0. The molecule has 206 valence electrons. The number of rotatable bonds is 2. The molecule has 6 aliphatic carbocycles. The van der Waals surface area contributed by atoms with Crippen LogP contribution in [0.2, 0.25) is 0 Å². The van der Waals surface area contributed by atoms with Gasteiger partial charge in [-0.15, -0.1) is 0 Å². The number of fused-ring (bicyclic) bond motifs is 7. The van der Waals surface area contributed by atoms with Crippen molar-refractivity contribution in [3.05, 3.63) is 101 Å². The SMILES string of the molecule is CC12CCC(C)(CC1)c1cc3c(cc12)c1cc2c(cc1n3-c1ccc(-c3ccccc3)cc1)C1(C)CCC2(C)CC1. The molecule has 0 N–H and O–H groups in total. The Bertz CT molecular complexity index is 1770. The smallest absolute Gasteiger partial charge is 0.0544 e. The van der Waals surface area contributed by atoms with Gasteiger partial charge in [0.2, 0.25) is 0 Å². The molecule has 41 heavy (non-hydrogen) atoms. The summed E-state index contributed by atoms with van der Waals surface area (Å²) < 4.78 is 2.61. The van der Waals surface area contributed by atoms with Crippen molar-refractivity contribution in [2.24, 2.45) is 0 Å². The zero-order valence-corrected chi connectivity index (χ0v) is 25.1. The van der Waals surface area contributed by atoms with E-state index in [-0.39, 0.29) is 0 Å². The molecule has 1 heteroatoms. The first-order chi connectivity index (χ1) is 19.7. The van der Waals surface area contributed by atoms with Crippen LogP contribution in [0, 0.1) is 0 Å².